The zero-order valence-corrected chi connectivity index (χ0v) is 26.3. The van der Waals surface area contributed by atoms with Crippen LogP contribution in [0.25, 0.3) is 0 Å². The molecule has 0 nitrogen and oxygen atoms in total. The van der Waals surface area contributed by atoms with Gasteiger partial charge >= 0.3 is 30.2 Å². The molecule has 0 aromatic heterocycles. The second kappa shape index (κ2) is 25.2. The molecule has 0 saturated heterocycles. The van der Waals surface area contributed by atoms with E-state index in [2.05, 4.69) is 97.1 Å². The zero-order chi connectivity index (χ0) is 21.3. The third kappa shape index (κ3) is 16.7. The number of rotatable bonds is 8. The molecule has 0 N–H and O–H groups in total. The van der Waals surface area contributed by atoms with E-state index in [1.165, 1.54) is 60.8 Å². The van der Waals surface area contributed by atoms with Gasteiger partial charge in [0.05, 0.1) is 0 Å². The average Bonchev–Trinajstić information content (AvgIpc) is 3.52. The summed E-state index contributed by atoms with van der Waals surface area (Å²) in [5.41, 5.74) is 5.66. The fourth-order valence-electron chi connectivity index (χ4n) is 3.50. The van der Waals surface area contributed by atoms with Crippen LogP contribution in [0.5, 0.6) is 0 Å². The standard InChI is InChI=1S/2C14H15.2CH3.2ClH.H2Si.Zr/c2*1-2-7-13(8-3-1)11-6-12-14-9-4-5-10-14;;;;;;/h2*1-4,7-9H,5-6,11-12H2;2*1H3;2*1H;1H2;/q4*-1;;;;. The Morgan fingerprint density at radius 2 is 0.941 bits per heavy atom. The van der Waals surface area contributed by atoms with Crippen molar-refractivity contribution in [1.29, 1.82) is 0 Å². The van der Waals surface area contributed by atoms with E-state index in [9.17, 15) is 0 Å². The summed E-state index contributed by atoms with van der Waals surface area (Å²) in [5, 5.41) is 0. The summed E-state index contributed by atoms with van der Waals surface area (Å²) < 4.78 is 0. The van der Waals surface area contributed by atoms with E-state index in [4.69, 9.17) is 0 Å². The van der Waals surface area contributed by atoms with Crippen LogP contribution in [0.3, 0.4) is 0 Å². The summed E-state index contributed by atoms with van der Waals surface area (Å²) in [6, 6.07) is 21.4. The van der Waals surface area contributed by atoms with Crippen LogP contribution in [-0.2, 0) is 36.2 Å². The van der Waals surface area contributed by atoms with Crippen molar-refractivity contribution in [2.45, 2.75) is 51.4 Å². The zero-order valence-electron chi connectivity index (χ0n) is 20.8. The maximum atomic E-state index is 3.35. The monoisotopic (exact) mass is 588 g/mol. The van der Waals surface area contributed by atoms with Crippen molar-refractivity contribution in [2.75, 3.05) is 0 Å². The van der Waals surface area contributed by atoms with Gasteiger partial charge in [0.1, 0.15) is 0 Å². The molecule has 0 spiro atoms. The van der Waals surface area contributed by atoms with Gasteiger partial charge in [-0.2, -0.15) is 12.2 Å². The van der Waals surface area contributed by atoms with Crippen molar-refractivity contribution < 1.29 is 23.3 Å². The first-order valence-corrected chi connectivity index (χ1v) is 16.8. The number of aryl methyl sites for hydroxylation is 2. The van der Waals surface area contributed by atoms with Gasteiger partial charge in [0.2, 0.25) is 0 Å². The minimum atomic E-state index is 0. The normalized spacial score (nSPS) is 12.0. The molecular weight excluding hydrogens is 551 g/mol. The van der Waals surface area contributed by atoms with E-state index >= 15 is 0 Å². The van der Waals surface area contributed by atoms with Crippen molar-refractivity contribution in [3.05, 3.63) is 134 Å². The summed E-state index contributed by atoms with van der Waals surface area (Å²) >= 11 is 1.58. The predicted molar refractivity (Wildman–Crippen MR) is 156 cm³/mol. The SMILES string of the molecule is Cl.Cl.[C-]1=C(CCCc2ccccc2)C=CC1.[C-]1=C(CCCc2ccccc2)C=CC1.[CH3-].[CH3-].[SiH2]=[Zr]. The van der Waals surface area contributed by atoms with Gasteiger partial charge in [-0.05, 0) is 36.8 Å². The first-order valence-electron chi connectivity index (χ1n) is 10.9. The molecule has 0 saturated carbocycles. The molecular formula is C30H40Cl2SiZr-4. The van der Waals surface area contributed by atoms with Crippen molar-refractivity contribution in [3.8, 4) is 0 Å². The first-order chi connectivity index (χ1) is 14.9. The van der Waals surface area contributed by atoms with E-state index in [-0.39, 0.29) is 39.7 Å². The van der Waals surface area contributed by atoms with Crippen molar-refractivity contribution in [3.63, 3.8) is 0 Å². The molecule has 0 bridgehead atoms. The molecule has 4 rings (SSSR count). The Morgan fingerprint density at radius 3 is 1.24 bits per heavy atom. The van der Waals surface area contributed by atoms with Gasteiger partial charge in [0.25, 0.3) is 0 Å². The van der Waals surface area contributed by atoms with E-state index < -0.39 is 0 Å². The summed E-state index contributed by atoms with van der Waals surface area (Å²) in [4.78, 5) is 0. The van der Waals surface area contributed by atoms with Crippen molar-refractivity contribution >= 4 is 31.7 Å². The number of hydrogen-bond donors (Lipinski definition) is 0. The molecule has 2 aromatic carbocycles. The Morgan fingerprint density at radius 1 is 0.588 bits per heavy atom. The van der Waals surface area contributed by atoms with Crippen LogP contribution in [0.2, 0.25) is 0 Å². The van der Waals surface area contributed by atoms with Gasteiger partial charge in [-0.25, -0.2) is 23.3 Å². The van der Waals surface area contributed by atoms with Gasteiger partial charge in [0, 0.05) is 0 Å². The number of allylic oxidation sites excluding steroid dienone is 8. The fraction of sp³-hybridized carbons (Fsp3) is 0.267. The Hall–Kier alpha value is -0.920. The second-order valence-corrected chi connectivity index (χ2v) is 7.30. The number of halogens is 2. The predicted octanol–water partition coefficient (Wildman–Crippen LogP) is 8.22. The third-order valence-electron chi connectivity index (χ3n) is 5.04. The second-order valence-electron chi connectivity index (χ2n) is 7.30. The fourth-order valence-corrected chi connectivity index (χ4v) is 3.50. The maximum absolute atomic E-state index is 3.35. The van der Waals surface area contributed by atoms with Crippen LogP contribution in [-0.4, -0.2) is 6.88 Å². The molecule has 0 heterocycles. The third-order valence-corrected chi connectivity index (χ3v) is 5.04. The molecule has 0 aliphatic heterocycles. The van der Waals surface area contributed by atoms with Crippen LogP contribution in [0.15, 0.2) is 96.1 Å². The minimum absolute atomic E-state index is 0. The average molecular weight is 591 g/mol. The molecule has 0 atom stereocenters. The first kappa shape index (κ1) is 37.6. The molecule has 186 valence electrons. The molecule has 0 fully saturated rings. The Balaban J connectivity index is -0.000000475. The summed E-state index contributed by atoms with van der Waals surface area (Å²) in [5.74, 6) is 0. The molecule has 0 amide bonds. The molecule has 0 radical (unpaired) electrons. The molecule has 34 heavy (non-hydrogen) atoms. The van der Waals surface area contributed by atoms with E-state index in [0.29, 0.717) is 0 Å². The summed E-state index contributed by atoms with van der Waals surface area (Å²) in [6.07, 6.45) is 24.7. The van der Waals surface area contributed by atoms with Gasteiger partial charge in [0.15, 0.2) is 0 Å². The molecule has 2 aliphatic carbocycles. The van der Waals surface area contributed by atoms with Crippen LogP contribution in [0.1, 0.15) is 49.7 Å². The molecule has 2 aromatic rings. The van der Waals surface area contributed by atoms with E-state index in [1.807, 2.05) is 6.88 Å². The summed E-state index contributed by atoms with van der Waals surface area (Å²) in [6.45, 7) is 1.95. The Bertz CT molecular complexity index is 771. The molecule has 4 heteroatoms. The van der Waals surface area contributed by atoms with Crippen LogP contribution in [0.4, 0.5) is 0 Å². The van der Waals surface area contributed by atoms with E-state index in [1.54, 1.807) is 23.3 Å². The van der Waals surface area contributed by atoms with Gasteiger partial charge in [-0.15, -0.1) is 37.7 Å². The summed E-state index contributed by atoms with van der Waals surface area (Å²) in [7, 11) is 0. The Kier molecular flexibility index (Phi) is 27.9. The quantitative estimate of drug-likeness (QED) is 0.215. The van der Waals surface area contributed by atoms with Gasteiger partial charge in [-0.3, -0.25) is 12.2 Å². The molecule has 0 unspecified atom stereocenters. The number of hydrogen-bond acceptors (Lipinski definition) is 0. The Labute approximate surface area is 239 Å². The van der Waals surface area contributed by atoms with Crippen LogP contribution in [0, 0.1) is 27.0 Å². The van der Waals surface area contributed by atoms with Gasteiger partial charge < -0.3 is 14.9 Å². The van der Waals surface area contributed by atoms with Crippen LogP contribution < -0.4 is 0 Å². The van der Waals surface area contributed by atoms with Crippen molar-refractivity contribution in [2.24, 2.45) is 0 Å². The van der Waals surface area contributed by atoms with Gasteiger partial charge in [-0.1, -0.05) is 73.5 Å². The topological polar surface area (TPSA) is 0 Å². The van der Waals surface area contributed by atoms with Crippen LogP contribution >= 0.6 is 24.8 Å². The number of benzene rings is 2. The van der Waals surface area contributed by atoms with E-state index in [0.717, 1.165) is 12.8 Å². The molecule has 2 aliphatic rings. The van der Waals surface area contributed by atoms with Crippen molar-refractivity contribution in [1.82, 2.24) is 0 Å².